The Kier molecular flexibility index (Phi) is 5.18. The van der Waals surface area contributed by atoms with E-state index in [1.165, 1.54) is 6.07 Å². The third kappa shape index (κ3) is 4.10. The van der Waals surface area contributed by atoms with Crippen LogP contribution in [0, 0.1) is 29.9 Å². The van der Waals surface area contributed by atoms with Crippen LogP contribution in [-0.4, -0.2) is 47.5 Å². The van der Waals surface area contributed by atoms with E-state index in [0.29, 0.717) is 25.3 Å². The average molecular weight is 393 g/mol. The molecule has 1 aliphatic rings. The number of benzene rings is 1. The molecule has 0 amide bonds. The van der Waals surface area contributed by atoms with Crippen LogP contribution in [0.4, 0.5) is 11.4 Å². The maximum atomic E-state index is 12.0. The number of rotatable bonds is 5. The van der Waals surface area contributed by atoms with Crippen LogP contribution >= 0.6 is 0 Å². The quantitative estimate of drug-likeness (QED) is 0.565. The fourth-order valence-corrected chi connectivity index (χ4v) is 4.52. The topological polar surface area (TPSA) is 111 Å². The maximum Gasteiger partial charge on any atom is 0.311 e. The van der Waals surface area contributed by atoms with Crippen molar-refractivity contribution in [3.8, 4) is 0 Å². The van der Waals surface area contributed by atoms with E-state index in [1.54, 1.807) is 12.1 Å². The van der Waals surface area contributed by atoms with Gasteiger partial charge in [-0.2, -0.15) is 5.10 Å². The van der Waals surface area contributed by atoms with Gasteiger partial charge in [0.1, 0.15) is 22.2 Å². The van der Waals surface area contributed by atoms with Gasteiger partial charge in [0.05, 0.1) is 4.92 Å². The molecule has 0 radical (unpaired) electrons. The van der Waals surface area contributed by atoms with Crippen LogP contribution < -0.4 is 4.90 Å². The fourth-order valence-electron chi connectivity index (χ4n) is 3.66. The molecular weight excluding hydrogens is 370 g/mol. The van der Waals surface area contributed by atoms with E-state index in [-0.39, 0.29) is 16.5 Å². The summed E-state index contributed by atoms with van der Waals surface area (Å²) in [4.78, 5) is 17.0. The fraction of sp³-hybridized carbons (Fsp3) is 0.529. The van der Waals surface area contributed by atoms with Crippen molar-refractivity contribution in [2.45, 2.75) is 38.1 Å². The Morgan fingerprint density at radius 3 is 2.67 bits per heavy atom. The summed E-state index contributed by atoms with van der Waals surface area (Å²) in [7, 11) is -3.70. The number of nitro benzene ring substituents is 1. The van der Waals surface area contributed by atoms with Gasteiger partial charge in [-0.05, 0) is 44.7 Å². The van der Waals surface area contributed by atoms with Gasteiger partial charge in [-0.15, -0.1) is 0 Å². The number of nitrogens with zero attached hydrogens (tertiary/aromatic N) is 5. The van der Waals surface area contributed by atoms with Crippen LogP contribution in [0.25, 0.3) is 0 Å². The average Bonchev–Trinajstić information content (AvgIpc) is 2.90. The number of aromatic nitrogens is 3. The summed E-state index contributed by atoms with van der Waals surface area (Å²) in [5.74, 6) is 1.81. The van der Waals surface area contributed by atoms with Crippen LogP contribution in [-0.2, 0) is 16.4 Å². The zero-order chi connectivity index (χ0) is 19.8. The summed E-state index contributed by atoms with van der Waals surface area (Å²) in [5.41, 5.74) is 0.0209. The first-order chi connectivity index (χ1) is 12.7. The second-order valence-electron chi connectivity index (χ2n) is 7.00. The number of hydrogen-bond donors (Lipinski definition) is 0. The number of piperidine rings is 1. The molecule has 146 valence electrons. The van der Waals surface area contributed by atoms with Crippen molar-refractivity contribution in [2.75, 3.05) is 24.2 Å². The molecule has 1 atom stereocenters. The van der Waals surface area contributed by atoms with Crippen LogP contribution in [0.1, 0.15) is 24.5 Å². The molecule has 0 N–H and O–H groups in total. The molecule has 1 aromatic carbocycles. The van der Waals surface area contributed by atoms with E-state index < -0.39 is 14.8 Å². The van der Waals surface area contributed by atoms with Gasteiger partial charge in [0.25, 0.3) is 0 Å². The molecule has 9 nitrogen and oxygen atoms in total. The van der Waals surface area contributed by atoms with E-state index in [1.807, 2.05) is 23.4 Å². The molecule has 1 unspecified atom stereocenters. The lowest BCUT2D eigenvalue weighted by Crippen LogP contribution is -2.37. The second-order valence-corrected chi connectivity index (χ2v) is 8.98. The van der Waals surface area contributed by atoms with E-state index >= 15 is 0 Å². The second kappa shape index (κ2) is 7.26. The van der Waals surface area contributed by atoms with Crippen molar-refractivity contribution in [2.24, 2.45) is 5.92 Å². The predicted octanol–water partition coefficient (Wildman–Crippen LogP) is 2.12. The molecular formula is C17H23N5O4S. The first-order valence-electron chi connectivity index (χ1n) is 8.77. The Labute approximate surface area is 158 Å². The molecule has 2 heterocycles. The van der Waals surface area contributed by atoms with Crippen LogP contribution in [0.2, 0.25) is 0 Å². The van der Waals surface area contributed by atoms with Crippen molar-refractivity contribution in [3.05, 3.63) is 40.0 Å². The summed E-state index contributed by atoms with van der Waals surface area (Å²) in [6.07, 6.45) is 2.85. The number of sulfone groups is 1. The zero-order valence-corrected chi connectivity index (χ0v) is 16.4. The van der Waals surface area contributed by atoms with E-state index in [0.717, 1.165) is 30.7 Å². The highest BCUT2D eigenvalue weighted by Crippen LogP contribution is 2.36. The van der Waals surface area contributed by atoms with E-state index in [4.69, 9.17) is 0 Å². The normalized spacial score (nSPS) is 17.9. The molecule has 1 fully saturated rings. The van der Waals surface area contributed by atoms with E-state index in [2.05, 4.69) is 10.1 Å². The number of aryl methyl sites for hydroxylation is 2. The highest BCUT2D eigenvalue weighted by molar-refractivity contribution is 7.90. The third-order valence-corrected chi connectivity index (χ3v) is 5.94. The van der Waals surface area contributed by atoms with Crippen LogP contribution in [0.5, 0.6) is 0 Å². The van der Waals surface area contributed by atoms with Gasteiger partial charge in [-0.3, -0.25) is 10.1 Å². The number of anilines is 1. The summed E-state index contributed by atoms with van der Waals surface area (Å²) in [5, 5.41) is 16.0. The first kappa shape index (κ1) is 19.3. The molecule has 0 spiro atoms. The van der Waals surface area contributed by atoms with Crippen LogP contribution in [0.3, 0.4) is 0 Å². The molecule has 0 saturated carbocycles. The minimum atomic E-state index is -3.70. The number of hydrogen-bond acceptors (Lipinski definition) is 7. The largest absolute Gasteiger partial charge is 0.366 e. The Morgan fingerprint density at radius 1 is 1.33 bits per heavy atom. The SMILES string of the molecule is Cc1nc(C)n(CC2CCCN(c3cccc(S(C)(=O)=O)c3[N+](=O)[O-])C2)n1. The van der Waals surface area contributed by atoms with Gasteiger partial charge < -0.3 is 4.90 Å². The lowest BCUT2D eigenvalue weighted by molar-refractivity contribution is -0.387. The number of para-hydroxylation sites is 1. The number of nitro groups is 1. The Morgan fingerprint density at radius 2 is 2.07 bits per heavy atom. The lowest BCUT2D eigenvalue weighted by Gasteiger charge is -2.34. The Hall–Kier alpha value is -2.49. The molecule has 1 saturated heterocycles. The monoisotopic (exact) mass is 393 g/mol. The summed E-state index contributed by atoms with van der Waals surface area (Å²) >= 11 is 0. The van der Waals surface area contributed by atoms with Gasteiger partial charge in [0.15, 0.2) is 9.84 Å². The highest BCUT2D eigenvalue weighted by Gasteiger charge is 2.31. The van der Waals surface area contributed by atoms with Crippen LogP contribution in [0.15, 0.2) is 23.1 Å². The zero-order valence-electron chi connectivity index (χ0n) is 15.6. The molecule has 1 aromatic heterocycles. The van der Waals surface area contributed by atoms with Gasteiger partial charge in [-0.1, -0.05) is 6.07 Å². The van der Waals surface area contributed by atoms with Crippen molar-refractivity contribution in [3.63, 3.8) is 0 Å². The predicted molar refractivity (Wildman–Crippen MR) is 101 cm³/mol. The summed E-state index contributed by atoms with van der Waals surface area (Å²) in [6, 6.07) is 4.48. The van der Waals surface area contributed by atoms with Gasteiger partial charge in [-0.25, -0.2) is 18.1 Å². The molecule has 0 bridgehead atoms. The van der Waals surface area contributed by atoms with Gasteiger partial charge in [0, 0.05) is 25.9 Å². The van der Waals surface area contributed by atoms with Crippen molar-refractivity contribution in [1.82, 2.24) is 14.8 Å². The smallest absolute Gasteiger partial charge is 0.311 e. The third-order valence-electron chi connectivity index (χ3n) is 4.81. The highest BCUT2D eigenvalue weighted by atomic mass is 32.2. The van der Waals surface area contributed by atoms with Gasteiger partial charge in [0.2, 0.25) is 0 Å². The molecule has 1 aliphatic heterocycles. The van der Waals surface area contributed by atoms with Gasteiger partial charge >= 0.3 is 5.69 Å². The van der Waals surface area contributed by atoms with Crippen molar-refractivity contribution >= 4 is 21.2 Å². The minimum Gasteiger partial charge on any atom is -0.366 e. The molecule has 3 rings (SSSR count). The molecule has 0 aliphatic carbocycles. The molecule has 2 aromatic rings. The first-order valence-corrected chi connectivity index (χ1v) is 10.7. The molecule has 27 heavy (non-hydrogen) atoms. The standard InChI is InChI=1S/C17H23N5O4S/c1-12-18-13(2)21(19-12)11-14-6-5-9-20(10-14)15-7-4-8-16(27(3,25)26)17(15)22(23)24/h4,7-8,14H,5-6,9-11H2,1-3H3. The summed E-state index contributed by atoms with van der Waals surface area (Å²) < 4.78 is 25.9. The molecule has 10 heteroatoms. The minimum absolute atomic E-state index is 0.241. The Bertz CT molecular complexity index is 970. The van der Waals surface area contributed by atoms with Crippen molar-refractivity contribution in [1.29, 1.82) is 0 Å². The summed E-state index contributed by atoms with van der Waals surface area (Å²) in [6.45, 7) is 5.69. The van der Waals surface area contributed by atoms with Crippen molar-refractivity contribution < 1.29 is 13.3 Å². The van der Waals surface area contributed by atoms with E-state index in [9.17, 15) is 18.5 Å². The maximum absolute atomic E-state index is 12.0. The lowest BCUT2D eigenvalue weighted by atomic mass is 9.97. The Balaban J connectivity index is 1.90.